The van der Waals surface area contributed by atoms with Gasteiger partial charge in [-0.3, -0.25) is 4.90 Å². The zero-order chi connectivity index (χ0) is 15.4. The third-order valence-corrected chi connectivity index (χ3v) is 4.67. The molecule has 0 aliphatic carbocycles. The number of hydrogen-bond donors (Lipinski definition) is 2. The summed E-state index contributed by atoms with van der Waals surface area (Å²) in [6.45, 7) is 8.51. The molecule has 0 saturated carbocycles. The molecular weight excluding hydrogens is 332 g/mol. The second-order valence-electron chi connectivity index (χ2n) is 5.26. The van der Waals surface area contributed by atoms with Gasteiger partial charge in [0.05, 0.1) is 0 Å². The Labute approximate surface area is 134 Å². The maximum atomic E-state index is 8.97. The van der Waals surface area contributed by atoms with Crippen molar-refractivity contribution in [3.8, 4) is 0 Å². The van der Waals surface area contributed by atoms with Gasteiger partial charge in [-0.25, -0.2) is 0 Å². The molecule has 116 valence electrons. The minimum Gasteiger partial charge on any atom is -0.409 e. The van der Waals surface area contributed by atoms with E-state index < -0.39 is 0 Å². The smallest absolute Gasteiger partial charge is 0.172 e. The lowest BCUT2D eigenvalue weighted by Gasteiger charge is -2.27. The van der Waals surface area contributed by atoms with Crippen LogP contribution in [0.15, 0.2) is 27.8 Å². The number of halogens is 1. The van der Waals surface area contributed by atoms with E-state index >= 15 is 0 Å². The van der Waals surface area contributed by atoms with Crippen molar-refractivity contribution < 1.29 is 5.21 Å². The van der Waals surface area contributed by atoms with Crippen LogP contribution in [0.2, 0.25) is 0 Å². The van der Waals surface area contributed by atoms with Gasteiger partial charge in [0.25, 0.3) is 0 Å². The van der Waals surface area contributed by atoms with E-state index in [1.165, 1.54) is 0 Å². The molecule has 1 fully saturated rings. The van der Waals surface area contributed by atoms with Gasteiger partial charge in [-0.2, -0.15) is 0 Å². The highest BCUT2D eigenvalue weighted by Crippen LogP contribution is 2.29. The van der Waals surface area contributed by atoms with Gasteiger partial charge in [-0.05, 0) is 37.7 Å². The van der Waals surface area contributed by atoms with Crippen LogP contribution in [0.3, 0.4) is 0 Å². The number of nitrogens with zero attached hydrogens (tertiary/aromatic N) is 3. The van der Waals surface area contributed by atoms with Crippen LogP contribution in [0, 0.1) is 0 Å². The molecule has 6 heteroatoms. The maximum absolute atomic E-state index is 8.97. The quantitative estimate of drug-likeness (QED) is 0.369. The largest absolute Gasteiger partial charge is 0.409 e. The number of hydrogen-bond acceptors (Lipinski definition) is 4. The fourth-order valence-corrected chi connectivity index (χ4v) is 3.38. The topological polar surface area (TPSA) is 65.1 Å². The molecule has 5 nitrogen and oxygen atoms in total. The SMILES string of the molecule is CCN(CC)C1CCN(c2cc(Br)ccc2/C(N)=N/O)C1. The number of anilines is 1. The highest BCUT2D eigenvalue weighted by molar-refractivity contribution is 9.10. The summed E-state index contributed by atoms with van der Waals surface area (Å²) in [5, 5.41) is 12.1. The van der Waals surface area contributed by atoms with Gasteiger partial charge in [0.15, 0.2) is 5.84 Å². The van der Waals surface area contributed by atoms with Crippen molar-refractivity contribution in [3.05, 3.63) is 28.2 Å². The van der Waals surface area contributed by atoms with Crippen LogP contribution in [0.25, 0.3) is 0 Å². The molecule has 2 rings (SSSR count). The summed E-state index contributed by atoms with van der Waals surface area (Å²) in [5.41, 5.74) is 7.61. The Morgan fingerprint density at radius 1 is 1.48 bits per heavy atom. The summed E-state index contributed by atoms with van der Waals surface area (Å²) < 4.78 is 0.998. The molecule has 1 unspecified atom stereocenters. The van der Waals surface area contributed by atoms with E-state index in [4.69, 9.17) is 10.9 Å². The third kappa shape index (κ3) is 3.49. The van der Waals surface area contributed by atoms with Crippen molar-refractivity contribution in [1.82, 2.24) is 4.90 Å². The lowest BCUT2D eigenvalue weighted by molar-refractivity contribution is 0.232. The van der Waals surface area contributed by atoms with Crippen molar-refractivity contribution >= 4 is 27.5 Å². The number of amidine groups is 1. The Bertz CT molecular complexity index is 516. The molecule has 1 heterocycles. The first kappa shape index (κ1) is 16.1. The fourth-order valence-electron chi connectivity index (χ4n) is 3.04. The highest BCUT2D eigenvalue weighted by atomic mass is 79.9. The minimum absolute atomic E-state index is 0.156. The Kier molecular flexibility index (Phi) is 5.47. The van der Waals surface area contributed by atoms with Crippen LogP contribution in [-0.4, -0.2) is 48.2 Å². The van der Waals surface area contributed by atoms with Crippen LogP contribution in [0.4, 0.5) is 5.69 Å². The molecule has 21 heavy (non-hydrogen) atoms. The fraction of sp³-hybridized carbons (Fsp3) is 0.533. The molecule has 0 spiro atoms. The zero-order valence-electron chi connectivity index (χ0n) is 12.6. The Balaban J connectivity index is 2.25. The first-order valence-corrected chi connectivity index (χ1v) is 8.16. The van der Waals surface area contributed by atoms with Crippen molar-refractivity contribution in [2.75, 3.05) is 31.1 Å². The van der Waals surface area contributed by atoms with Crippen LogP contribution in [0.5, 0.6) is 0 Å². The second-order valence-corrected chi connectivity index (χ2v) is 6.17. The van der Waals surface area contributed by atoms with E-state index in [2.05, 4.69) is 44.7 Å². The Morgan fingerprint density at radius 2 is 2.19 bits per heavy atom. The van der Waals surface area contributed by atoms with Gasteiger partial charge in [-0.1, -0.05) is 34.9 Å². The third-order valence-electron chi connectivity index (χ3n) is 4.18. The van der Waals surface area contributed by atoms with Crippen LogP contribution in [0.1, 0.15) is 25.8 Å². The van der Waals surface area contributed by atoms with E-state index in [1.807, 2.05) is 18.2 Å². The summed E-state index contributed by atoms with van der Waals surface area (Å²) in [5.74, 6) is 0.156. The van der Waals surface area contributed by atoms with Crippen LogP contribution in [-0.2, 0) is 0 Å². The van der Waals surface area contributed by atoms with Gasteiger partial charge < -0.3 is 15.8 Å². The molecule has 3 N–H and O–H groups in total. The first-order chi connectivity index (χ1) is 10.1. The Hall–Kier alpha value is -1.27. The van der Waals surface area contributed by atoms with Crippen LogP contribution < -0.4 is 10.6 Å². The van der Waals surface area contributed by atoms with Gasteiger partial charge in [-0.15, -0.1) is 0 Å². The predicted octanol–water partition coefficient (Wildman–Crippen LogP) is 2.46. The molecule has 0 radical (unpaired) electrons. The number of rotatable bonds is 5. The number of oxime groups is 1. The summed E-state index contributed by atoms with van der Waals surface area (Å²) >= 11 is 3.51. The molecular formula is C15H23BrN4O. The zero-order valence-corrected chi connectivity index (χ0v) is 14.2. The van der Waals surface area contributed by atoms with Gasteiger partial charge in [0.1, 0.15) is 0 Å². The van der Waals surface area contributed by atoms with E-state index in [-0.39, 0.29) is 5.84 Å². The molecule has 0 bridgehead atoms. The molecule has 1 aliphatic rings. The predicted molar refractivity (Wildman–Crippen MR) is 90.2 cm³/mol. The Morgan fingerprint density at radius 3 is 2.81 bits per heavy atom. The summed E-state index contributed by atoms with van der Waals surface area (Å²) in [6.07, 6.45) is 1.14. The van der Waals surface area contributed by atoms with E-state index in [0.29, 0.717) is 6.04 Å². The summed E-state index contributed by atoms with van der Waals surface area (Å²) in [6, 6.07) is 6.41. The lowest BCUT2D eigenvalue weighted by Crippen LogP contribution is -2.37. The maximum Gasteiger partial charge on any atom is 0.172 e. The van der Waals surface area contributed by atoms with Gasteiger partial charge in [0, 0.05) is 34.9 Å². The average molecular weight is 355 g/mol. The molecule has 1 atom stereocenters. The molecule has 1 aliphatic heterocycles. The molecule has 0 amide bonds. The minimum atomic E-state index is 0.156. The number of likely N-dealkylation sites (N-methyl/N-ethyl adjacent to an activating group) is 1. The summed E-state index contributed by atoms with van der Waals surface area (Å²) in [7, 11) is 0. The van der Waals surface area contributed by atoms with E-state index in [9.17, 15) is 0 Å². The number of benzene rings is 1. The van der Waals surface area contributed by atoms with Crippen molar-refractivity contribution in [1.29, 1.82) is 0 Å². The average Bonchev–Trinajstić information content (AvgIpc) is 2.97. The first-order valence-electron chi connectivity index (χ1n) is 7.37. The van der Waals surface area contributed by atoms with Gasteiger partial charge in [0.2, 0.25) is 0 Å². The van der Waals surface area contributed by atoms with E-state index in [1.54, 1.807) is 0 Å². The van der Waals surface area contributed by atoms with Crippen LogP contribution >= 0.6 is 15.9 Å². The highest BCUT2D eigenvalue weighted by Gasteiger charge is 2.28. The second kappa shape index (κ2) is 7.13. The molecule has 1 aromatic rings. The van der Waals surface area contributed by atoms with E-state index in [0.717, 1.165) is 48.3 Å². The van der Waals surface area contributed by atoms with Crippen molar-refractivity contribution in [3.63, 3.8) is 0 Å². The normalized spacial score (nSPS) is 19.5. The summed E-state index contributed by atoms with van der Waals surface area (Å²) in [4.78, 5) is 4.81. The van der Waals surface area contributed by atoms with Crippen molar-refractivity contribution in [2.24, 2.45) is 10.9 Å². The van der Waals surface area contributed by atoms with Crippen molar-refractivity contribution in [2.45, 2.75) is 26.3 Å². The number of nitrogens with two attached hydrogens (primary N) is 1. The lowest BCUT2D eigenvalue weighted by atomic mass is 10.1. The molecule has 1 aromatic carbocycles. The standard InChI is InChI=1S/C15H23BrN4O/c1-3-19(4-2)12-7-8-20(10-12)14-9-11(16)5-6-13(14)15(17)18-21/h5-6,9,12,21H,3-4,7-8,10H2,1-2H3,(H2,17,18). The van der Waals surface area contributed by atoms with Gasteiger partial charge >= 0.3 is 0 Å². The molecule has 0 aromatic heterocycles. The molecule has 1 saturated heterocycles. The monoisotopic (exact) mass is 354 g/mol.